The third-order valence-electron chi connectivity index (χ3n) is 6.96. The summed E-state index contributed by atoms with van der Waals surface area (Å²) in [5.74, 6) is -0.492. The van der Waals surface area contributed by atoms with Crippen molar-refractivity contribution < 1.29 is 14.3 Å². The number of amides is 1. The van der Waals surface area contributed by atoms with Crippen LogP contribution in [0.1, 0.15) is 63.0 Å². The second kappa shape index (κ2) is 7.66. The molecule has 31 heavy (non-hydrogen) atoms. The van der Waals surface area contributed by atoms with Gasteiger partial charge in [0.15, 0.2) is 5.69 Å². The monoisotopic (exact) mass is 425 g/mol. The van der Waals surface area contributed by atoms with Gasteiger partial charge >= 0.3 is 5.97 Å². The summed E-state index contributed by atoms with van der Waals surface area (Å²) in [5, 5.41) is 3.95. The Hall–Kier alpha value is -2.34. The topological polar surface area (TPSA) is 63.6 Å². The molecule has 2 heterocycles. The number of hydrogen-bond donors (Lipinski definition) is 1. The predicted octanol–water partition coefficient (Wildman–Crippen LogP) is 4.50. The van der Waals surface area contributed by atoms with Crippen molar-refractivity contribution in [3.8, 4) is 0 Å². The summed E-state index contributed by atoms with van der Waals surface area (Å²) < 4.78 is 7.11. The molecule has 1 aromatic carbocycles. The van der Waals surface area contributed by atoms with Gasteiger partial charge in [0.1, 0.15) is 0 Å². The second-order valence-electron chi connectivity index (χ2n) is 10.7. The first-order valence-corrected chi connectivity index (χ1v) is 11.3. The molecule has 1 N–H and O–H groups in total. The molecule has 1 aromatic heterocycles. The van der Waals surface area contributed by atoms with Crippen LogP contribution < -0.4 is 5.32 Å². The van der Waals surface area contributed by atoms with E-state index in [9.17, 15) is 9.59 Å². The maximum atomic E-state index is 13.2. The molecule has 1 amide bonds. The highest BCUT2D eigenvalue weighted by Crippen LogP contribution is 2.52. The van der Waals surface area contributed by atoms with Crippen molar-refractivity contribution in [2.75, 3.05) is 25.0 Å². The van der Waals surface area contributed by atoms with E-state index in [4.69, 9.17) is 4.74 Å². The van der Waals surface area contributed by atoms with Gasteiger partial charge in [0, 0.05) is 25.0 Å². The van der Waals surface area contributed by atoms with Crippen LogP contribution in [0.5, 0.6) is 0 Å². The Kier molecular flexibility index (Phi) is 5.41. The maximum Gasteiger partial charge on any atom is 0.357 e. The zero-order valence-corrected chi connectivity index (χ0v) is 19.7. The Morgan fingerprint density at radius 3 is 2.68 bits per heavy atom. The van der Waals surface area contributed by atoms with E-state index in [2.05, 4.69) is 31.0 Å². The summed E-state index contributed by atoms with van der Waals surface area (Å²) in [7, 11) is 1.84. The number of likely N-dealkylation sites (tertiary alicyclic amines) is 1. The molecule has 1 saturated carbocycles. The number of carbonyl (C=O) groups is 2. The van der Waals surface area contributed by atoms with Gasteiger partial charge in [0.05, 0.1) is 24.4 Å². The van der Waals surface area contributed by atoms with Crippen molar-refractivity contribution in [1.29, 1.82) is 0 Å². The zero-order chi connectivity index (χ0) is 22.6. The highest BCUT2D eigenvalue weighted by molar-refractivity contribution is 6.11. The number of aryl methyl sites for hydroxylation is 2. The number of fused-ring (bicyclic) bond motifs is 3. The van der Waals surface area contributed by atoms with Crippen LogP contribution >= 0.6 is 0 Å². The van der Waals surface area contributed by atoms with E-state index in [0.29, 0.717) is 29.4 Å². The van der Waals surface area contributed by atoms with Crippen molar-refractivity contribution in [2.24, 2.45) is 17.9 Å². The maximum absolute atomic E-state index is 13.2. The number of ether oxygens (including phenoxy) is 1. The number of carbonyl (C=O) groups excluding carboxylic acids is 2. The third kappa shape index (κ3) is 4.10. The van der Waals surface area contributed by atoms with E-state index < -0.39 is 5.97 Å². The highest BCUT2D eigenvalue weighted by Gasteiger charge is 2.49. The van der Waals surface area contributed by atoms with Gasteiger partial charge in [-0.15, -0.1) is 0 Å². The molecule has 0 radical (unpaired) electrons. The molecule has 168 valence electrons. The number of nitrogens with zero attached hydrogens (tertiary/aromatic N) is 2. The molecule has 0 spiro atoms. The molecule has 1 aliphatic heterocycles. The molecule has 6 nitrogen and oxygen atoms in total. The summed E-state index contributed by atoms with van der Waals surface area (Å²) in [5.41, 5.74) is 3.51. The Balaban J connectivity index is 1.61. The molecular weight excluding hydrogens is 390 g/mol. The van der Waals surface area contributed by atoms with Crippen LogP contribution in [0, 0.1) is 17.8 Å². The predicted molar refractivity (Wildman–Crippen MR) is 123 cm³/mol. The first-order chi connectivity index (χ1) is 14.5. The molecule has 2 atom stereocenters. The van der Waals surface area contributed by atoms with Crippen LogP contribution in [0.15, 0.2) is 18.2 Å². The average Bonchev–Trinajstić information content (AvgIpc) is 3.04. The zero-order valence-electron chi connectivity index (χ0n) is 19.7. The lowest BCUT2D eigenvalue weighted by molar-refractivity contribution is -0.117. The largest absolute Gasteiger partial charge is 0.461 e. The lowest BCUT2D eigenvalue weighted by atomic mass is 9.65. The molecule has 2 fully saturated rings. The van der Waals surface area contributed by atoms with Crippen LogP contribution in [0.3, 0.4) is 0 Å². The van der Waals surface area contributed by atoms with Gasteiger partial charge in [0.2, 0.25) is 5.91 Å². The van der Waals surface area contributed by atoms with Gasteiger partial charge in [-0.05, 0) is 56.1 Å². The molecule has 2 aromatic rings. The van der Waals surface area contributed by atoms with Gasteiger partial charge < -0.3 is 14.6 Å². The van der Waals surface area contributed by atoms with Gasteiger partial charge in [-0.3, -0.25) is 9.69 Å². The number of rotatable bonds is 5. The molecule has 2 aliphatic rings. The Bertz CT molecular complexity index is 1040. The van der Waals surface area contributed by atoms with Gasteiger partial charge in [-0.1, -0.05) is 32.4 Å². The van der Waals surface area contributed by atoms with E-state index in [1.165, 1.54) is 6.42 Å². The Morgan fingerprint density at radius 2 is 1.97 bits per heavy atom. The van der Waals surface area contributed by atoms with Crippen molar-refractivity contribution >= 4 is 28.5 Å². The minimum absolute atomic E-state index is 0.0755. The number of esters is 1. The quantitative estimate of drug-likeness (QED) is 0.717. The van der Waals surface area contributed by atoms with Gasteiger partial charge in [-0.25, -0.2) is 4.79 Å². The van der Waals surface area contributed by atoms with Crippen molar-refractivity contribution in [3.63, 3.8) is 0 Å². The van der Waals surface area contributed by atoms with Crippen LogP contribution in [0.4, 0.5) is 5.69 Å². The number of nitrogens with one attached hydrogen (secondary N) is 1. The van der Waals surface area contributed by atoms with Gasteiger partial charge in [0.25, 0.3) is 0 Å². The number of aromatic nitrogens is 1. The fourth-order valence-electron chi connectivity index (χ4n) is 6.25. The summed E-state index contributed by atoms with van der Waals surface area (Å²) in [6.07, 6.45) is 3.48. The Morgan fingerprint density at radius 1 is 1.23 bits per heavy atom. The summed E-state index contributed by atoms with van der Waals surface area (Å²) in [6, 6.07) is 6.45. The molecular formula is C25H35N3O3. The first kappa shape index (κ1) is 21.9. The number of hydrogen-bond acceptors (Lipinski definition) is 4. The van der Waals surface area contributed by atoms with E-state index >= 15 is 0 Å². The van der Waals surface area contributed by atoms with E-state index in [0.717, 1.165) is 35.9 Å². The average molecular weight is 426 g/mol. The fourth-order valence-corrected chi connectivity index (χ4v) is 6.25. The van der Waals surface area contributed by atoms with Crippen LogP contribution in [-0.4, -0.2) is 47.1 Å². The molecule has 2 unspecified atom stereocenters. The minimum Gasteiger partial charge on any atom is -0.461 e. The van der Waals surface area contributed by atoms with Crippen LogP contribution in [0.25, 0.3) is 10.9 Å². The second-order valence-corrected chi connectivity index (χ2v) is 10.7. The molecule has 4 rings (SSSR count). The van der Waals surface area contributed by atoms with Crippen molar-refractivity contribution in [2.45, 2.75) is 59.9 Å². The van der Waals surface area contributed by atoms with Crippen LogP contribution in [0.2, 0.25) is 0 Å². The lowest BCUT2D eigenvalue weighted by Gasteiger charge is -2.39. The lowest BCUT2D eigenvalue weighted by Crippen LogP contribution is -2.38. The van der Waals surface area contributed by atoms with Crippen molar-refractivity contribution in [1.82, 2.24) is 9.47 Å². The molecule has 2 bridgehead atoms. The third-order valence-corrected chi connectivity index (χ3v) is 6.96. The first-order valence-electron chi connectivity index (χ1n) is 11.3. The summed E-state index contributed by atoms with van der Waals surface area (Å²) >= 11 is 0. The van der Waals surface area contributed by atoms with Gasteiger partial charge in [-0.2, -0.15) is 0 Å². The summed E-state index contributed by atoms with van der Waals surface area (Å²) in [6.45, 7) is 12.4. The van der Waals surface area contributed by atoms with Crippen molar-refractivity contribution in [3.05, 3.63) is 29.5 Å². The Labute approximate surface area is 184 Å². The SMILES string of the molecule is CCOC(=O)c1c(NC(=O)CN2CC3(C)CC2CC(C)(C)C3)c2cc(C)ccc2n1C. The fraction of sp³-hybridized carbons (Fsp3) is 0.600. The molecule has 1 aliphatic carbocycles. The minimum atomic E-state index is -0.416. The standard InChI is InChI=1S/C25H35N3O3/c1-7-31-23(30)22-21(18-10-16(2)8-9-19(18)27(22)6)26-20(29)13-28-15-25(5)12-17(28)11-24(3,4)14-25/h8-10,17H,7,11-15H2,1-6H3,(H,26,29). The van der Waals surface area contributed by atoms with E-state index in [1.54, 1.807) is 6.92 Å². The number of benzene rings is 1. The van der Waals surface area contributed by atoms with E-state index in [1.807, 2.05) is 36.7 Å². The summed E-state index contributed by atoms with van der Waals surface area (Å²) in [4.78, 5) is 28.2. The molecule has 1 saturated heterocycles. The molecule has 6 heteroatoms. The van der Waals surface area contributed by atoms with Crippen LogP contribution in [-0.2, 0) is 16.6 Å². The smallest absolute Gasteiger partial charge is 0.357 e. The van der Waals surface area contributed by atoms with E-state index in [-0.39, 0.29) is 17.9 Å². The highest BCUT2D eigenvalue weighted by atomic mass is 16.5. The normalized spacial score (nSPS) is 25.0. The number of anilines is 1.